The third-order valence-corrected chi connectivity index (χ3v) is 15.1. The van der Waals surface area contributed by atoms with Gasteiger partial charge in [-0.3, -0.25) is 4.98 Å². The molecule has 1 aromatic heterocycles. The molecule has 232 valence electrons. The molecular weight excluding hydrogens is 554 g/mol. The van der Waals surface area contributed by atoms with Gasteiger partial charge >= 0.3 is 6.18 Å². The van der Waals surface area contributed by atoms with Gasteiger partial charge in [0.2, 0.25) is 0 Å². The highest BCUT2D eigenvalue weighted by Crippen LogP contribution is 2.54. The molecule has 3 aliphatic rings. The number of fused-ring (bicyclic) bond motifs is 1. The molecule has 0 aliphatic heterocycles. The maximum Gasteiger partial charge on any atom is 0.416 e. The smallest absolute Gasteiger partial charge is 0.410 e. The van der Waals surface area contributed by atoms with Crippen LogP contribution in [0.25, 0.3) is 0 Å². The highest BCUT2D eigenvalue weighted by Gasteiger charge is 2.46. The first-order valence-corrected chi connectivity index (χ1v) is 18.9. The Kier molecular flexibility index (Phi) is 8.54. The van der Waals surface area contributed by atoms with Gasteiger partial charge in [-0.05, 0) is 91.2 Å². The van der Waals surface area contributed by atoms with E-state index in [0.717, 1.165) is 98.9 Å². The van der Waals surface area contributed by atoms with E-state index in [9.17, 15) is 13.2 Å². The second-order valence-corrected chi connectivity index (χ2v) is 20.3. The third-order valence-electron chi connectivity index (χ3n) is 10.7. The molecule has 0 radical (unpaired) electrons. The van der Waals surface area contributed by atoms with Crippen LogP contribution in [0.2, 0.25) is 18.1 Å². The molecule has 5 rings (SSSR count). The summed E-state index contributed by atoms with van der Waals surface area (Å²) in [6.07, 6.45) is 3.92. The lowest BCUT2D eigenvalue weighted by Crippen LogP contribution is -2.44. The van der Waals surface area contributed by atoms with Crippen molar-refractivity contribution >= 4 is 8.32 Å². The van der Waals surface area contributed by atoms with E-state index in [-0.39, 0.29) is 34.0 Å². The standard InChI is InChI=1S/C35H49F4NOSi/c1-33(2,3)42(6,7)41-27-21-34(4,5)20-26-29(27)28(22-12-8-9-13-22)30(32(40-26)24-14-10-11-15-24)31(36)23-16-18-25(19-17-23)35(37,38)39/h16-19,22,24,27,31H,8-15,20-21H2,1-7H3/t27-,31-/m0/s1. The lowest BCUT2D eigenvalue weighted by Gasteiger charge is -2.45. The first-order chi connectivity index (χ1) is 19.5. The lowest BCUT2D eigenvalue weighted by molar-refractivity contribution is -0.137. The summed E-state index contributed by atoms with van der Waals surface area (Å²) in [6.45, 7) is 15.9. The van der Waals surface area contributed by atoms with Crippen molar-refractivity contribution in [2.75, 3.05) is 0 Å². The molecule has 42 heavy (non-hydrogen) atoms. The summed E-state index contributed by atoms with van der Waals surface area (Å²) >= 11 is 0. The van der Waals surface area contributed by atoms with Crippen LogP contribution in [0.5, 0.6) is 0 Å². The molecule has 2 atom stereocenters. The van der Waals surface area contributed by atoms with Crippen LogP contribution in [-0.4, -0.2) is 13.3 Å². The van der Waals surface area contributed by atoms with E-state index in [1.807, 2.05) is 0 Å². The quantitative estimate of drug-likeness (QED) is 0.242. The van der Waals surface area contributed by atoms with E-state index in [1.54, 1.807) is 0 Å². The number of pyridine rings is 1. The third kappa shape index (κ3) is 6.24. The molecule has 1 aromatic carbocycles. The van der Waals surface area contributed by atoms with E-state index in [2.05, 4.69) is 47.7 Å². The summed E-state index contributed by atoms with van der Waals surface area (Å²) < 4.78 is 64.5. The summed E-state index contributed by atoms with van der Waals surface area (Å²) in [5.41, 5.74) is 4.31. The van der Waals surface area contributed by atoms with Crippen molar-refractivity contribution in [1.29, 1.82) is 0 Å². The fraction of sp³-hybridized carbons (Fsp3) is 0.686. The topological polar surface area (TPSA) is 22.1 Å². The average Bonchev–Trinajstić information content (AvgIpc) is 3.60. The van der Waals surface area contributed by atoms with Gasteiger partial charge in [0.1, 0.15) is 0 Å². The molecule has 0 saturated heterocycles. The Balaban J connectivity index is 1.74. The minimum Gasteiger partial charge on any atom is -0.410 e. The minimum absolute atomic E-state index is 0.00299. The molecule has 2 saturated carbocycles. The van der Waals surface area contributed by atoms with Crippen LogP contribution in [0.4, 0.5) is 17.6 Å². The molecule has 1 heterocycles. The van der Waals surface area contributed by atoms with Gasteiger partial charge in [0.15, 0.2) is 14.5 Å². The van der Waals surface area contributed by atoms with E-state index in [1.165, 1.54) is 12.1 Å². The van der Waals surface area contributed by atoms with Crippen LogP contribution in [0.3, 0.4) is 0 Å². The first kappa shape index (κ1) is 31.7. The molecule has 0 bridgehead atoms. The molecule has 2 nitrogen and oxygen atoms in total. The van der Waals surface area contributed by atoms with Crippen molar-refractivity contribution in [3.8, 4) is 0 Å². The SMILES string of the molecule is CC1(C)Cc2nc(C3CCCC3)c([C@@H](F)c3ccc(C(F)(F)F)cc3)c(C3CCCC3)c2[C@@H](O[Si](C)(C)C(C)(C)C)C1. The second kappa shape index (κ2) is 11.3. The summed E-state index contributed by atoms with van der Waals surface area (Å²) in [5.74, 6) is 0.402. The van der Waals surface area contributed by atoms with Crippen molar-refractivity contribution in [3.63, 3.8) is 0 Å². The summed E-state index contributed by atoms with van der Waals surface area (Å²) in [6, 6.07) is 4.70. The zero-order chi connectivity index (χ0) is 30.7. The maximum absolute atomic E-state index is 17.1. The van der Waals surface area contributed by atoms with Gasteiger partial charge < -0.3 is 4.43 Å². The van der Waals surface area contributed by atoms with E-state index in [0.29, 0.717) is 5.56 Å². The summed E-state index contributed by atoms with van der Waals surface area (Å²) in [5, 5.41) is 0.0190. The van der Waals surface area contributed by atoms with Crippen LogP contribution in [0.15, 0.2) is 24.3 Å². The Morgan fingerprint density at radius 1 is 0.881 bits per heavy atom. The Hall–Kier alpha value is -1.73. The van der Waals surface area contributed by atoms with Gasteiger partial charge in [-0.15, -0.1) is 0 Å². The fourth-order valence-corrected chi connectivity index (χ4v) is 8.67. The van der Waals surface area contributed by atoms with E-state index in [4.69, 9.17) is 9.41 Å². The molecule has 2 fully saturated rings. The molecule has 0 amide bonds. The van der Waals surface area contributed by atoms with Crippen LogP contribution in [0.1, 0.15) is 156 Å². The molecule has 3 aliphatic carbocycles. The second-order valence-electron chi connectivity index (χ2n) is 15.5. The van der Waals surface area contributed by atoms with Gasteiger partial charge in [0.25, 0.3) is 0 Å². The fourth-order valence-electron chi connectivity index (χ4n) is 7.40. The van der Waals surface area contributed by atoms with Crippen LogP contribution >= 0.6 is 0 Å². The Morgan fingerprint density at radius 3 is 1.95 bits per heavy atom. The molecule has 0 spiro atoms. The van der Waals surface area contributed by atoms with E-state index >= 15 is 4.39 Å². The summed E-state index contributed by atoms with van der Waals surface area (Å²) in [4.78, 5) is 5.38. The Labute approximate surface area is 251 Å². The molecule has 7 heteroatoms. The van der Waals surface area contributed by atoms with Crippen LogP contribution < -0.4 is 0 Å². The van der Waals surface area contributed by atoms with Gasteiger partial charge in [-0.2, -0.15) is 13.2 Å². The normalized spacial score (nSPS) is 22.9. The first-order valence-electron chi connectivity index (χ1n) is 16.0. The zero-order valence-electron chi connectivity index (χ0n) is 26.6. The number of halogens is 4. The number of hydrogen-bond donors (Lipinski definition) is 0. The largest absolute Gasteiger partial charge is 0.416 e. The summed E-state index contributed by atoms with van der Waals surface area (Å²) in [7, 11) is -2.19. The zero-order valence-corrected chi connectivity index (χ0v) is 27.6. The Morgan fingerprint density at radius 2 is 1.43 bits per heavy atom. The van der Waals surface area contributed by atoms with Crippen LogP contribution in [-0.2, 0) is 17.0 Å². The number of alkyl halides is 4. The van der Waals surface area contributed by atoms with Gasteiger partial charge in [-0.1, -0.05) is 72.4 Å². The average molecular weight is 604 g/mol. The van der Waals surface area contributed by atoms with Crippen molar-refractivity contribution < 1.29 is 22.0 Å². The van der Waals surface area contributed by atoms with Gasteiger partial charge in [0.05, 0.1) is 17.4 Å². The number of hydrogen-bond acceptors (Lipinski definition) is 2. The van der Waals surface area contributed by atoms with Crippen molar-refractivity contribution in [2.24, 2.45) is 5.41 Å². The predicted molar refractivity (Wildman–Crippen MR) is 164 cm³/mol. The van der Waals surface area contributed by atoms with Crippen molar-refractivity contribution in [3.05, 3.63) is 63.5 Å². The highest BCUT2D eigenvalue weighted by molar-refractivity contribution is 6.74. The molecular formula is C35H49F4NOSi. The lowest BCUT2D eigenvalue weighted by atomic mass is 9.70. The van der Waals surface area contributed by atoms with Gasteiger partial charge in [0, 0.05) is 22.7 Å². The molecule has 0 N–H and O–H groups in total. The number of benzene rings is 1. The Bertz CT molecular complexity index is 1270. The number of nitrogens with zero attached hydrogens (tertiary/aromatic N) is 1. The number of aromatic nitrogens is 1. The van der Waals surface area contributed by atoms with Crippen LogP contribution in [0, 0.1) is 5.41 Å². The molecule has 0 unspecified atom stereocenters. The number of rotatable bonds is 6. The van der Waals surface area contributed by atoms with Gasteiger partial charge in [-0.25, -0.2) is 4.39 Å². The monoisotopic (exact) mass is 603 g/mol. The van der Waals surface area contributed by atoms with Crippen molar-refractivity contribution in [2.45, 2.75) is 147 Å². The minimum atomic E-state index is -4.46. The van der Waals surface area contributed by atoms with Crippen molar-refractivity contribution in [1.82, 2.24) is 4.98 Å². The highest BCUT2D eigenvalue weighted by atomic mass is 28.4. The predicted octanol–water partition coefficient (Wildman–Crippen LogP) is 11.5. The molecule has 2 aromatic rings. The van der Waals surface area contributed by atoms with E-state index < -0.39 is 26.2 Å². The maximum atomic E-state index is 17.1.